The predicted molar refractivity (Wildman–Crippen MR) is 117 cm³/mol. The van der Waals surface area contributed by atoms with Gasteiger partial charge in [-0.1, -0.05) is 42.1 Å². The number of amides is 2. The summed E-state index contributed by atoms with van der Waals surface area (Å²) >= 11 is 1.32. The Balaban J connectivity index is 1.56. The van der Waals surface area contributed by atoms with Crippen LogP contribution in [0.5, 0.6) is 11.5 Å². The Hall–Kier alpha value is -3.00. The Morgan fingerprint density at radius 1 is 1.03 bits per heavy atom. The molecule has 0 saturated carbocycles. The van der Waals surface area contributed by atoms with E-state index < -0.39 is 0 Å². The van der Waals surface area contributed by atoms with Crippen molar-refractivity contribution in [1.82, 2.24) is 10.3 Å². The van der Waals surface area contributed by atoms with Gasteiger partial charge in [0, 0.05) is 13.8 Å². The van der Waals surface area contributed by atoms with Crippen LogP contribution in [0.3, 0.4) is 0 Å². The SMILES string of the molecule is CC(=O)NC1=NN(C(C)=O)[C@@H](c2ccc(OCCOc3c(C)cccc3C)cc2)S1. The fourth-order valence-electron chi connectivity index (χ4n) is 3.04. The number of nitrogens with zero attached hydrogens (tertiary/aromatic N) is 2. The number of amidine groups is 1. The summed E-state index contributed by atoms with van der Waals surface area (Å²) in [5.41, 5.74) is 3.09. The maximum atomic E-state index is 11.9. The van der Waals surface area contributed by atoms with Gasteiger partial charge in [-0.3, -0.25) is 9.59 Å². The molecule has 0 aliphatic carbocycles. The van der Waals surface area contributed by atoms with Crippen molar-refractivity contribution < 1.29 is 19.1 Å². The molecule has 158 valence electrons. The van der Waals surface area contributed by atoms with Gasteiger partial charge >= 0.3 is 0 Å². The molecule has 0 bridgehead atoms. The normalized spacial score (nSPS) is 15.5. The summed E-state index contributed by atoms with van der Waals surface area (Å²) in [5, 5.41) is 8.28. The number of ether oxygens (including phenoxy) is 2. The van der Waals surface area contributed by atoms with Crippen molar-refractivity contribution in [2.24, 2.45) is 5.10 Å². The molecule has 2 amide bonds. The van der Waals surface area contributed by atoms with Gasteiger partial charge in [0.15, 0.2) is 5.17 Å². The number of rotatable bonds is 6. The van der Waals surface area contributed by atoms with Crippen LogP contribution in [0.2, 0.25) is 0 Å². The molecule has 8 heteroatoms. The summed E-state index contributed by atoms with van der Waals surface area (Å²) in [7, 11) is 0. The smallest absolute Gasteiger partial charge is 0.241 e. The molecule has 1 atom stereocenters. The average molecular weight is 428 g/mol. The van der Waals surface area contributed by atoms with E-state index >= 15 is 0 Å². The van der Waals surface area contributed by atoms with Crippen LogP contribution in [-0.2, 0) is 9.59 Å². The third kappa shape index (κ3) is 5.33. The van der Waals surface area contributed by atoms with Crippen LogP contribution in [-0.4, -0.2) is 35.2 Å². The first-order valence-corrected chi connectivity index (χ1v) is 10.5. The molecular weight excluding hydrogens is 402 g/mol. The standard InChI is InChI=1S/C22H25N3O4S/c1-14-6-5-7-15(2)20(14)29-13-12-28-19-10-8-18(9-11-19)21-25(17(4)27)24-22(30-21)23-16(3)26/h5-11,21H,12-13H2,1-4H3,(H,23,24,26)/t21-/m1/s1. The maximum absolute atomic E-state index is 11.9. The monoisotopic (exact) mass is 427 g/mol. The van der Waals surface area contributed by atoms with E-state index in [2.05, 4.69) is 10.4 Å². The lowest BCUT2D eigenvalue weighted by Crippen LogP contribution is -2.25. The Morgan fingerprint density at radius 3 is 2.27 bits per heavy atom. The van der Waals surface area contributed by atoms with Gasteiger partial charge < -0.3 is 14.8 Å². The lowest BCUT2D eigenvalue weighted by Gasteiger charge is -2.19. The van der Waals surface area contributed by atoms with Crippen molar-refractivity contribution in [1.29, 1.82) is 0 Å². The van der Waals surface area contributed by atoms with Gasteiger partial charge in [0.25, 0.3) is 0 Å². The van der Waals surface area contributed by atoms with E-state index in [-0.39, 0.29) is 17.2 Å². The number of thioether (sulfide) groups is 1. The number of carbonyl (C=O) groups is 2. The molecule has 1 heterocycles. The fourth-order valence-corrected chi connectivity index (χ4v) is 4.18. The zero-order valence-electron chi connectivity index (χ0n) is 17.5. The van der Waals surface area contributed by atoms with Gasteiger partial charge in [-0.2, -0.15) is 0 Å². The highest BCUT2D eigenvalue weighted by atomic mass is 32.2. The minimum Gasteiger partial charge on any atom is -0.490 e. The molecule has 1 aliphatic rings. The summed E-state index contributed by atoms with van der Waals surface area (Å²) in [6, 6.07) is 13.5. The van der Waals surface area contributed by atoms with Crippen molar-refractivity contribution in [2.45, 2.75) is 33.1 Å². The fraction of sp³-hybridized carbons (Fsp3) is 0.318. The van der Waals surface area contributed by atoms with E-state index in [0.29, 0.717) is 24.1 Å². The molecule has 0 spiro atoms. The van der Waals surface area contributed by atoms with E-state index in [9.17, 15) is 9.59 Å². The molecule has 7 nitrogen and oxygen atoms in total. The zero-order chi connectivity index (χ0) is 21.7. The number of benzene rings is 2. The molecule has 30 heavy (non-hydrogen) atoms. The molecule has 0 aromatic heterocycles. The van der Waals surface area contributed by atoms with Crippen molar-refractivity contribution in [3.05, 3.63) is 59.2 Å². The van der Waals surface area contributed by atoms with Crippen LogP contribution in [0.4, 0.5) is 0 Å². The minimum absolute atomic E-state index is 0.197. The van der Waals surface area contributed by atoms with Crippen LogP contribution >= 0.6 is 11.8 Å². The lowest BCUT2D eigenvalue weighted by atomic mass is 10.1. The molecule has 2 aromatic rings. The van der Waals surface area contributed by atoms with E-state index in [4.69, 9.17) is 9.47 Å². The van der Waals surface area contributed by atoms with E-state index in [0.717, 1.165) is 22.4 Å². The Kier molecular flexibility index (Phi) is 6.99. The minimum atomic E-state index is -0.328. The van der Waals surface area contributed by atoms with E-state index in [1.54, 1.807) is 0 Å². The van der Waals surface area contributed by atoms with Crippen LogP contribution in [0, 0.1) is 13.8 Å². The van der Waals surface area contributed by atoms with Gasteiger partial charge in [0.2, 0.25) is 11.8 Å². The maximum Gasteiger partial charge on any atom is 0.241 e. The second-order valence-corrected chi connectivity index (χ2v) is 7.98. The number of nitrogens with one attached hydrogen (secondary N) is 1. The number of hydrogen-bond donors (Lipinski definition) is 1. The second-order valence-electron chi connectivity index (χ2n) is 6.91. The number of para-hydroxylation sites is 1. The molecule has 0 fully saturated rings. The predicted octanol–water partition coefficient (Wildman–Crippen LogP) is 3.76. The first kappa shape index (κ1) is 21.7. The van der Waals surface area contributed by atoms with Gasteiger partial charge in [-0.15, -0.1) is 5.10 Å². The van der Waals surface area contributed by atoms with Crippen LogP contribution in [0.15, 0.2) is 47.6 Å². The number of hydrogen-bond acceptors (Lipinski definition) is 6. The van der Waals surface area contributed by atoms with Gasteiger partial charge in [-0.25, -0.2) is 5.01 Å². The third-order valence-corrected chi connectivity index (χ3v) is 5.52. The summed E-state index contributed by atoms with van der Waals surface area (Å²) in [6.45, 7) is 7.76. The van der Waals surface area contributed by atoms with Crippen LogP contribution in [0.1, 0.15) is 35.9 Å². The number of aryl methyl sites for hydroxylation is 2. The molecule has 3 rings (SSSR count). The Bertz CT molecular complexity index is 939. The van der Waals surface area contributed by atoms with E-state index in [1.165, 1.54) is 30.6 Å². The van der Waals surface area contributed by atoms with E-state index in [1.807, 2.05) is 56.3 Å². The topological polar surface area (TPSA) is 80.2 Å². The second kappa shape index (κ2) is 9.67. The molecule has 0 radical (unpaired) electrons. The molecule has 1 aliphatic heterocycles. The highest BCUT2D eigenvalue weighted by Gasteiger charge is 2.32. The zero-order valence-corrected chi connectivity index (χ0v) is 18.3. The van der Waals surface area contributed by atoms with Crippen molar-refractivity contribution >= 4 is 28.7 Å². The summed E-state index contributed by atoms with van der Waals surface area (Å²) in [5.74, 6) is 1.19. The van der Waals surface area contributed by atoms with Crippen molar-refractivity contribution in [3.63, 3.8) is 0 Å². The third-order valence-electron chi connectivity index (χ3n) is 4.42. The van der Waals surface area contributed by atoms with Crippen molar-refractivity contribution in [3.8, 4) is 11.5 Å². The average Bonchev–Trinajstić information content (AvgIpc) is 3.11. The van der Waals surface area contributed by atoms with Gasteiger partial charge in [0.05, 0.1) is 0 Å². The largest absolute Gasteiger partial charge is 0.490 e. The first-order chi connectivity index (χ1) is 14.3. The molecular formula is C22H25N3O4S. The quantitative estimate of drug-likeness (QED) is 0.710. The van der Waals surface area contributed by atoms with Gasteiger partial charge in [-0.05, 0) is 42.7 Å². The van der Waals surface area contributed by atoms with Crippen LogP contribution in [0.25, 0.3) is 0 Å². The van der Waals surface area contributed by atoms with Crippen molar-refractivity contribution in [2.75, 3.05) is 13.2 Å². The first-order valence-electron chi connectivity index (χ1n) is 9.59. The Labute approximate surface area is 180 Å². The summed E-state index contributed by atoms with van der Waals surface area (Å²) in [4.78, 5) is 23.2. The van der Waals surface area contributed by atoms with Gasteiger partial charge in [0.1, 0.15) is 30.1 Å². The summed E-state index contributed by atoms with van der Waals surface area (Å²) < 4.78 is 11.6. The number of hydrazone groups is 1. The highest BCUT2D eigenvalue weighted by molar-refractivity contribution is 8.14. The lowest BCUT2D eigenvalue weighted by molar-refractivity contribution is -0.129. The molecule has 0 unspecified atom stereocenters. The molecule has 2 aromatic carbocycles. The molecule has 0 saturated heterocycles. The summed E-state index contributed by atoms with van der Waals surface area (Å²) in [6.07, 6.45) is 0. The van der Waals surface area contributed by atoms with Crippen LogP contribution < -0.4 is 14.8 Å². The Morgan fingerprint density at radius 2 is 1.67 bits per heavy atom. The number of carbonyl (C=O) groups excluding carboxylic acids is 2. The highest BCUT2D eigenvalue weighted by Crippen LogP contribution is 2.39. The molecule has 1 N–H and O–H groups in total.